The maximum absolute atomic E-state index is 11.4. The lowest BCUT2D eigenvalue weighted by Crippen LogP contribution is -2.45. The predicted octanol–water partition coefficient (Wildman–Crippen LogP) is 0.816. The number of carboxylic acids is 1. The highest BCUT2D eigenvalue weighted by Gasteiger charge is 2.18. The fraction of sp³-hybridized carbons (Fsp3) is 0.333. The van der Waals surface area contributed by atoms with Crippen LogP contribution < -0.4 is 10.6 Å². The third-order valence-corrected chi connectivity index (χ3v) is 2.41. The first-order valence-electron chi connectivity index (χ1n) is 5.57. The minimum absolute atomic E-state index is 0.562. The fourth-order valence-electron chi connectivity index (χ4n) is 1.33. The summed E-state index contributed by atoms with van der Waals surface area (Å²) in [6, 6.07) is 5.23. The molecular weight excluding hydrogens is 236 g/mol. The first-order chi connectivity index (χ1) is 8.56. The molecule has 1 atom stereocenters. The highest BCUT2D eigenvalue weighted by atomic mass is 16.4. The minimum Gasteiger partial charge on any atom is -0.480 e. The molecule has 0 saturated heterocycles. The van der Waals surface area contributed by atoms with Gasteiger partial charge in [-0.1, -0.05) is 19.1 Å². The van der Waals surface area contributed by atoms with Gasteiger partial charge >= 0.3 is 12.0 Å². The van der Waals surface area contributed by atoms with E-state index >= 15 is 0 Å². The van der Waals surface area contributed by atoms with Gasteiger partial charge in [0.05, 0.1) is 6.61 Å². The van der Waals surface area contributed by atoms with E-state index in [0.29, 0.717) is 5.69 Å². The van der Waals surface area contributed by atoms with Crippen molar-refractivity contribution in [3.63, 3.8) is 0 Å². The predicted molar refractivity (Wildman–Crippen MR) is 66.5 cm³/mol. The summed E-state index contributed by atoms with van der Waals surface area (Å²) in [5, 5.41) is 22.0. The van der Waals surface area contributed by atoms with Crippen LogP contribution in [0.25, 0.3) is 0 Å². The van der Waals surface area contributed by atoms with Gasteiger partial charge in [-0.25, -0.2) is 9.59 Å². The standard InChI is InChI=1S/C12H16N2O4/c1-2-8-3-5-9(6-4-8)13-12(18)14-10(7-15)11(16)17/h3-6,10,15H,2,7H2,1H3,(H,16,17)(H2,13,14,18)/t10-/m0/s1. The second kappa shape index (κ2) is 6.61. The maximum atomic E-state index is 11.4. The van der Waals surface area contributed by atoms with Crippen molar-refractivity contribution in [3.8, 4) is 0 Å². The zero-order valence-electron chi connectivity index (χ0n) is 10.0. The van der Waals surface area contributed by atoms with Crippen molar-refractivity contribution in [1.82, 2.24) is 5.32 Å². The number of aliphatic hydroxyl groups is 1. The van der Waals surface area contributed by atoms with Crippen LogP contribution in [0.4, 0.5) is 10.5 Å². The van der Waals surface area contributed by atoms with Crippen molar-refractivity contribution in [1.29, 1.82) is 0 Å². The van der Waals surface area contributed by atoms with Gasteiger partial charge in [-0.2, -0.15) is 0 Å². The number of aliphatic carboxylic acids is 1. The number of hydrogen-bond donors (Lipinski definition) is 4. The molecule has 0 unspecified atom stereocenters. The molecule has 1 aromatic rings. The molecule has 0 aliphatic carbocycles. The number of carboxylic acid groups (broad SMARTS) is 1. The lowest BCUT2D eigenvalue weighted by Gasteiger charge is -2.12. The number of benzene rings is 1. The number of aryl methyl sites for hydroxylation is 1. The fourth-order valence-corrected chi connectivity index (χ4v) is 1.33. The van der Waals surface area contributed by atoms with Gasteiger partial charge in [-0.15, -0.1) is 0 Å². The van der Waals surface area contributed by atoms with Crippen LogP contribution in [0.1, 0.15) is 12.5 Å². The summed E-state index contributed by atoms with van der Waals surface area (Å²) in [5.41, 5.74) is 1.70. The highest BCUT2D eigenvalue weighted by molar-refractivity contribution is 5.92. The van der Waals surface area contributed by atoms with E-state index in [1.165, 1.54) is 0 Å². The Labute approximate surface area is 105 Å². The number of rotatable bonds is 5. The van der Waals surface area contributed by atoms with Crippen molar-refractivity contribution in [2.24, 2.45) is 0 Å². The average Bonchev–Trinajstić information content (AvgIpc) is 2.36. The third kappa shape index (κ3) is 4.06. The van der Waals surface area contributed by atoms with Crippen LogP contribution in [0.5, 0.6) is 0 Å². The van der Waals surface area contributed by atoms with Crippen molar-refractivity contribution >= 4 is 17.7 Å². The lowest BCUT2D eigenvalue weighted by molar-refractivity contribution is -0.140. The number of aliphatic hydroxyl groups excluding tert-OH is 1. The van der Waals surface area contributed by atoms with Gasteiger partial charge in [-0.3, -0.25) is 0 Å². The molecule has 0 aliphatic rings. The van der Waals surface area contributed by atoms with Crippen LogP contribution in [0.3, 0.4) is 0 Å². The van der Waals surface area contributed by atoms with E-state index in [1.54, 1.807) is 12.1 Å². The first kappa shape index (κ1) is 14.0. The molecule has 0 aliphatic heterocycles. The van der Waals surface area contributed by atoms with Crippen LogP contribution in [-0.4, -0.2) is 34.9 Å². The molecule has 6 nitrogen and oxygen atoms in total. The SMILES string of the molecule is CCc1ccc(NC(=O)N[C@@H](CO)C(=O)O)cc1. The highest BCUT2D eigenvalue weighted by Crippen LogP contribution is 2.09. The number of amides is 2. The van der Waals surface area contributed by atoms with Gasteiger partial charge in [0.2, 0.25) is 0 Å². The molecule has 0 aromatic heterocycles. The smallest absolute Gasteiger partial charge is 0.328 e. The van der Waals surface area contributed by atoms with E-state index in [-0.39, 0.29) is 0 Å². The summed E-state index contributed by atoms with van der Waals surface area (Å²) in [7, 11) is 0. The number of urea groups is 1. The molecule has 2 amide bonds. The Morgan fingerprint density at radius 2 is 1.89 bits per heavy atom. The summed E-state index contributed by atoms with van der Waals surface area (Å²) in [5.74, 6) is -1.28. The number of carbonyl (C=O) groups is 2. The lowest BCUT2D eigenvalue weighted by atomic mass is 10.1. The Hall–Kier alpha value is -2.08. The summed E-state index contributed by atoms with van der Waals surface area (Å²) in [6.45, 7) is 1.37. The van der Waals surface area contributed by atoms with Gasteiger partial charge in [0.1, 0.15) is 0 Å². The summed E-state index contributed by atoms with van der Waals surface area (Å²) < 4.78 is 0. The first-order valence-corrected chi connectivity index (χ1v) is 5.57. The second-order valence-electron chi connectivity index (χ2n) is 3.72. The Balaban J connectivity index is 2.55. The quantitative estimate of drug-likeness (QED) is 0.623. The van der Waals surface area contributed by atoms with E-state index < -0.39 is 24.6 Å². The van der Waals surface area contributed by atoms with Gasteiger partial charge in [0.25, 0.3) is 0 Å². The Bertz CT molecular complexity index is 417. The zero-order valence-corrected chi connectivity index (χ0v) is 10.0. The molecule has 6 heteroatoms. The number of carbonyl (C=O) groups excluding carboxylic acids is 1. The number of hydrogen-bond acceptors (Lipinski definition) is 3. The molecule has 4 N–H and O–H groups in total. The minimum atomic E-state index is -1.31. The van der Waals surface area contributed by atoms with Crippen LogP contribution >= 0.6 is 0 Å². The molecule has 1 rings (SSSR count). The molecule has 0 bridgehead atoms. The molecule has 18 heavy (non-hydrogen) atoms. The molecular formula is C12H16N2O4. The normalized spacial score (nSPS) is 11.7. The Kier molecular flexibility index (Phi) is 5.13. The van der Waals surface area contributed by atoms with E-state index in [9.17, 15) is 9.59 Å². The third-order valence-electron chi connectivity index (χ3n) is 2.41. The van der Waals surface area contributed by atoms with Crippen molar-refractivity contribution in [2.75, 3.05) is 11.9 Å². The number of nitrogens with one attached hydrogen (secondary N) is 2. The molecule has 0 heterocycles. The average molecular weight is 252 g/mol. The van der Waals surface area contributed by atoms with E-state index in [1.807, 2.05) is 19.1 Å². The van der Waals surface area contributed by atoms with E-state index in [4.69, 9.17) is 10.2 Å². The van der Waals surface area contributed by atoms with Gasteiger partial charge < -0.3 is 20.8 Å². The second-order valence-corrected chi connectivity index (χ2v) is 3.72. The van der Waals surface area contributed by atoms with Crippen LogP contribution in [-0.2, 0) is 11.2 Å². The molecule has 98 valence electrons. The van der Waals surface area contributed by atoms with E-state index in [0.717, 1.165) is 12.0 Å². The summed E-state index contributed by atoms with van der Waals surface area (Å²) in [4.78, 5) is 22.0. The summed E-state index contributed by atoms with van der Waals surface area (Å²) in [6.07, 6.45) is 0.901. The zero-order chi connectivity index (χ0) is 13.5. The Morgan fingerprint density at radius 1 is 1.28 bits per heavy atom. The van der Waals surface area contributed by atoms with Gasteiger partial charge in [0.15, 0.2) is 6.04 Å². The molecule has 0 saturated carbocycles. The summed E-state index contributed by atoms with van der Waals surface area (Å²) >= 11 is 0. The van der Waals surface area contributed by atoms with Crippen molar-refractivity contribution in [2.45, 2.75) is 19.4 Å². The van der Waals surface area contributed by atoms with Crippen LogP contribution in [0.15, 0.2) is 24.3 Å². The molecule has 1 aromatic carbocycles. The Morgan fingerprint density at radius 3 is 2.33 bits per heavy atom. The van der Waals surface area contributed by atoms with E-state index in [2.05, 4.69) is 10.6 Å². The maximum Gasteiger partial charge on any atom is 0.328 e. The van der Waals surface area contributed by atoms with Crippen molar-refractivity contribution in [3.05, 3.63) is 29.8 Å². The largest absolute Gasteiger partial charge is 0.480 e. The monoisotopic (exact) mass is 252 g/mol. The number of anilines is 1. The van der Waals surface area contributed by atoms with Gasteiger partial charge in [-0.05, 0) is 24.1 Å². The molecule has 0 spiro atoms. The van der Waals surface area contributed by atoms with Gasteiger partial charge in [0, 0.05) is 5.69 Å². The van der Waals surface area contributed by atoms with Crippen LogP contribution in [0.2, 0.25) is 0 Å². The molecule has 0 radical (unpaired) electrons. The molecule has 0 fully saturated rings. The van der Waals surface area contributed by atoms with Crippen molar-refractivity contribution < 1.29 is 19.8 Å². The van der Waals surface area contributed by atoms with Crippen LogP contribution in [0, 0.1) is 0 Å². The topological polar surface area (TPSA) is 98.7 Å².